The quantitative estimate of drug-likeness (QED) is 0.798. The second-order valence-electron chi connectivity index (χ2n) is 6.92. The van der Waals surface area contributed by atoms with Crippen molar-refractivity contribution in [3.8, 4) is 0 Å². The normalized spacial score (nSPS) is 28.5. The van der Waals surface area contributed by atoms with Crippen molar-refractivity contribution in [1.29, 1.82) is 0 Å². The molecule has 4 nitrogen and oxygen atoms in total. The largest absolute Gasteiger partial charge is 0.381 e. The van der Waals surface area contributed by atoms with Crippen molar-refractivity contribution < 1.29 is 9.47 Å². The van der Waals surface area contributed by atoms with Gasteiger partial charge in [0.2, 0.25) is 0 Å². The van der Waals surface area contributed by atoms with Gasteiger partial charge >= 0.3 is 0 Å². The monoisotopic (exact) mass is 290 g/mol. The number of imidazole rings is 1. The van der Waals surface area contributed by atoms with Gasteiger partial charge in [-0.15, -0.1) is 0 Å². The Balaban J connectivity index is 1.62. The maximum atomic E-state index is 6.20. The Kier molecular flexibility index (Phi) is 3.54. The van der Waals surface area contributed by atoms with Gasteiger partial charge in [-0.3, -0.25) is 0 Å². The van der Waals surface area contributed by atoms with E-state index in [-0.39, 0.29) is 5.60 Å². The Morgan fingerprint density at radius 3 is 2.81 bits per heavy atom. The fourth-order valence-corrected chi connectivity index (χ4v) is 4.50. The molecule has 1 atom stereocenters. The minimum Gasteiger partial charge on any atom is -0.381 e. The van der Waals surface area contributed by atoms with Crippen LogP contribution in [0.25, 0.3) is 0 Å². The summed E-state index contributed by atoms with van der Waals surface area (Å²) in [6.45, 7) is 4.78. The molecular formula is C17H26N2O2. The van der Waals surface area contributed by atoms with E-state index in [2.05, 4.69) is 11.5 Å². The molecule has 1 aromatic heterocycles. The number of aryl methyl sites for hydroxylation is 2. The number of hydrogen-bond donors (Lipinski definition) is 0. The summed E-state index contributed by atoms with van der Waals surface area (Å²) >= 11 is 0. The average molecular weight is 290 g/mol. The lowest BCUT2D eigenvalue weighted by atomic mass is 9.83. The maximum absolute atomic E-state index is 6.20. The van der Waals surface area contributed by atoms with E-state index in [1.165, 1.54) is 42.9 Å². The molecule has 2 fully saturated rings. The lowest BCUT2D eigenvalue weighted by molar-refractivity contribution is -0.144. The molecule has 1 spiro atoms. The first-order valence-electron chi connectivity index (χ1n) is 8.56. The van der Waals surface area contributed by atoms with E-state index in [1.54, 1.807) is 0 Å². The third-order valence-electron chi connectivity index (χ3n) is 5.58. The van der Waals surface area contributed by atoms with Gasteiger partial charge in [-0.25, -0.2) is 4.98 Å². The minimum absolute atomic E-state index is 0.0689. The standard InChI is InChI=1S/C17H26N2O2/c1-13-18-15-4-2-3-5-16(15)19(13)14-6-9-21-17(12-14)7-10-20-11-8-17/h14H,2-12H2,1H3. The zero-order valence-electron chi connectivity index (χ0n) is 13.1. The molecule has 1 aromatic rings. The van der Waals surface area contributed by atoms with Gasteiger partial charge < -0.3 is 14.0 Å². The molecule has 2 saturated heterocycles. The van der Waals surface area contributed by atoms with Gasteiger partial charge in [0.15, 0.2) is 0 Å². The zero-order valence-corrected chi connectivity index (χ0v) is 13.1. The van der Waals surface area contributed by atoms with Gasteiger partial charge in [-0.1, -0.05) is 0 Å². The van der Waals surface area contributed by atoms with Gasteiger partial charge in [-0.05, 0) is 58.3 Å². The van der Waals surface area contributed by atoms with Gasteiger partial charge in [-0.2, -0.15) is 0 Å². The van der Waals surface area contributed by atoms with Crippen molar-refractivity contribution in [3.63, 3.8) is 0 Å². The van der Waals surface area contributed by atoms with Crippen molar-refractivity contribution in [1.82, 2.24) is 9.55 Å². The number of fused-ring (bicyclic) bond motifs is 1. The summed E-state index contributed by atoms with van der Waals surface area (Å²) in [7, 11) is 0. The number of hydrogen-bond acceptors (Lipinski definition) is 3. The van der Waals surface area contributed by atoms with E-state index in [0.29, 0.717) is 6.04 Å². The highest BCUT2D eigenvalue weighted by Crippen LogP contribution is 2.41. The highest BCUT2D eigenvalue weighted by atomic mass is 16.5. The molecule has 3 heterocycles. The molecule has 0 aromatic carbocycles. The van der Waals surface area contributed by atoms with E-state index in [1.807, 2.05) is 0 Å². The molecular weight excluding hydrogens is 264 g/mol. The summed E-state index contributed by atoms with van der Waals surface area (Å²) < 4.78 is 14.3. The molecule has 3 aliphatic rings. The molecule has 116 valence electrons. The smallest absolute Gasteiger partial charge is 0.106 e. The SMILES string of the molecule is Cc1nc2c(n1C1CCOC3(CCOCC3)C1)CCCC2. The van der Waals surface area contributed by atoms with Crippen LogP contribution in [0.5, 0.6) is 0 Å². The first-order valence-corrected chi connectivity index (χ1v) is 8.56. The van der Waals surface area contributed by atoms with Crippen LogP contribution >= 0.6 is 0 Å². The highest BCUT2D eigenvalue weighted by molar-refractivity contribution is 5.21. The fourth-order valence-electron chi connectivity index (χ4n) is 4.50. The summed E-state index contributed by atoms with van der Waals surface area (Å²) in [5, 5.41) is 0. The van der Waals surface area contributed by atoms with Crippen LogP contribution in [0.3, 0.4) is 0 Å². The second-order valence-corrected chi connectivity index (χ2v) is 6.92. The average Bonchev–Trinajstić information content (AvgIpc) is 2.84. The first kappa shape index (κ1) is 13.8. The van der Waals surface area contributed by atoms with Crippen molar-refractivity contribution in [3.05, 3.63) is 17.2 Å². The van der Waals surface area contributed by atoms with Crippen LogP contribution in [0.4, 0.5) is 0 Å². The first-order chi connectivity index (χ1) is 10.3. The Hall–Kier alpha value is -0.870. The molecule has 0 saturated carbocycles. The van der Waals surface area contributed by atoms with Gasteiger partial charge in [0.1, 0.15) is 5.82 Å². The van der Waals surface area contributed by atoms with Crippen molar-refractivity contribution in [2.24, 2.45) is 0 Å². The molecule has 1 unspecified atom stereocenters. The predicted octanol–water partition coefficient (Wildman–Crippen LogP) is 2.97. The number of ether oxygens (including phenoxy) is 2. The van der Waals surface area contributed by atoms with Crippen LogP contribution in [0.2, 0.25) is 0 Å². The van der Waals surface area contributed by atoms with E-state index < -0.39 is 0 Å². The summed E-state index contributed by atoms with van der Waals surface area (Å²) in [4.78, 5) is 4.86. The molecule has 21 heavy (non-hydrogen) atoms. The summed E-state index contributed by atoms with van der Waals surface area (Å²) in [6, 6.07) is 0.575. The predicted molar refractivity (Wildman–Crippen MR) is 80.6 cm³/mol. The van der Waals surface area contributed by atoms with Crippen LogP contribution in [-0.2, 0) is 22.3 Å². The number of rotatable bonds is 1. The van der Waals surface area contributed by atoms with Crippen molar-refractivity contribution in [2.75, 3.05) is 19.8 Å². The number of nitrogens with zero attached hydrogens (tertiary/aromatic N) is 2. The lowest BCUT2D eigenvalue weighted by Gasteiger charge is -2.44. The van der Waals surface area contributed by atoms with Crippen LogP contribution in [-0.4, -0.2) is 35.0 Å². The van der Waals surface area contributed by atoms with E-state index in [4.69, 9.17) is 14.5 Å². The third-order valence-corrected chi connectivity index (χ3v) is 5.58. The summed E-state index contributed by atoms with van der Waals surface area (Å²) in [5.41, 5.74) is 2.96. The molecule has 2 aliphatic heterocycles. The van der Waals surface area contributed by atoms with Crippen molar-refractivity contribution in [2.45, 2.75) is 69.9 Å². The highest BCUT2D eigenvalue weighted by Gasteiger charge is 2.40. The summed E-state index contributed by atoms with van der Waals surface area (Å²) in [5.74, 6) is 1.22. The third kappa shape index (κ3) is 2.42. The van der Waals surface area contributed by atoms with E-state index in [0.717, 1.165) is 45.5 Å². The van der Waals surface area contributed by atoms with E-state index in [9.17, 15) is 0 Å². The Bertz CT molecular complexity index is 512. The molecule has 4 heteroatoms. The molecule has 0 radical (unpaired) electrons. The lowest BCUT2D eigenvalue weighted by Crippen LogP contribution is -2.45. The van der Waals surface area contributed by atoms with Crippen LogP contribution < -0.4 is 0 Å². The Morgan fingerprint density at radius 1 is 1.14 bits per heavy atom. The fraction of sp³-hybridized carbons (Fsp3) is 0.824. The summed E-state index contributed by atoms with van der Waals surface area (Å²) in [6.07, 6.45) is 9.39. The van der Waals surface area contributed by atoms with Crippen molar-refractivity contribution >= 4 is 0 Å². The molecule has 0 bridgehead atoms. The van der Waals surface area contributed by atoms with Crippen LogP contribution in [0.1, 0.15) is 61.8 Å². The molecule has 0 amide bonds. The number of aromatic nitrogens is 2. The molecule has 0 N–H and O–H groups in total. The van der Waals surface area contributed by atoms with Gasteiger partial charge in [0.25, 0.3) is 0 Å². The Morgan fingerprint density at radius 2 is 1.95 bits per heavy atom. The second kappa shape index (κ2) is 5.40. The topological polar surface area (TPSA) is 36.3 Å². The zero-order chi connectivity index (χ0) is 14.3. The molecule has 4 rings (SSSR count). The van der Waals surface area contributed by atoms with Crippen LogP contribution in [0, 0.1) is 6.92 Å². The van der Waals surface area contributed by atoms with E-state index >= 15 is 0 Å². The molecule has 1 aliphatic carbocycles. The Labute approximate surface area is 126 Å². The maximum Gasteiger partial charge on any atom is 0.106 e. The van der Waals surface area contributed by atoms with Gasteiger partial charge in [0.05, 0.1) is 11.3 Å². The van der Waals surface area contributed by atoms with Gasteiger partial charge in [0, 0.05) is 31.6 Å². The minimum atomic E-state index is 0.0689. The van der Waals surface area contributed by atoms with Crippen LogP contribution in [0.15, 0.2) is 0 Å².